The minimum absolute atomic E-state index is 0.301. The molecule has 1 atom stereocenters. The topological polar surface area (TPSA) is 50.4 Å². The van der Waals surface area contributed by atoms with E-state index in [1.807, 2.05) is 24.3 Å². The number of esters is 1. The molecule has 1 aliphatic rings. The number of carbonyl (C=O) groups is 1. The summed E-state index contributed by atoms with van der Waals surface area (Å²) < 4.78 is 5.90. The van der Waals surface area contributed by atoms with Crippen LogP contribution in [0.1, 0.15) is 31.4 Å². The van der Waals surface area contributed by atoms with E-state index < -0.39 is 0 Å². The van der Waals surface area contributed by atoms with Crippen molar-refractivity contribution in [1.82, 2.24) is 10.6 Å². The zero-order chi connectivity index (χ0) is 15.4. The molecule has 0 spiro atoms. The number of ether oxygens (including phenoxy) is 1. The van der Waals surface area contributed by atoms with Gasteiger partial charge >= 0.3 is 5.97 Å². The SMILES string of the molecule is CCCC1=C(C(=O)OC)[C@H](c2cccc(Br)c2)NC(=S)N1. The van der Waals surface area contributed by atoms with Crippen LogP contribution in [0.4, 0.5) is 0 Å². The Labute approximate surface area is 138 Å². The number of methoxy groups -OCH3 is 1. The van der Waals surface area contributed by atoms with E-state index in [0.717, 1.165) is 28.6 Å². The molecule has 0 aliphatic carbocycles. The molecule has 2 rings (SSSR count). The van der Waals surface area contributed by atoms with Crippen molar-refractivity contribution in [3.8, 4) is 0 Å². The number of rotatable bonds is 4. The maximum absolute atomic E-state index is 12.2. The molecule has 21 heavy (non-hydrogen) atoms. The number of hydrogen-bond donors (Lipinski definition) is 2. The van der Waals surface area contributed by atoms with Crippen LogP contribution in [-0.2, 0) is 9.53 Å². The molecule has 1 aromatic rings. The van der Waals surface area contributed by atoms with Crippen molar-refractivity contribution in [1.29, 1.82) is 0 Å². The number of thiocarbonyl (C=S) groups is 1. The number of allylic oxidation sites excluding steroid dienone is 1. The Kier molecular flexibility index (Phi) is 5.36. The lowest BCUT2D eigenvalue weighted by Crippen LogP contribution is -2.45. The lowest BCUT2D eigenvalue weighted by molar-refractivity contribution is -0.136. The van der Waals surface area contributed by atoms with Crippen LogP contribution in [0.3, 0.4) is 0 Å². The largest absolute Gasteiger partial charge is 0.466 e. The zero-order valence-electron chi connectivity index (χ0n) is 11.9. The van der Waals surface area contributed by atoms with Gasteiger partial charge in [0, 0.05) is 10.2 Å². The second-order valence-corrected chi connectivity index (χ2v) is 6.04. The maximum Gasteiger partial charge on any atom is 0.337 e. The quantitative estimate of drug-likeness (QED) is 0.631. The average Bonchev–Trinajstić information content (AvgIpc) is 2.46. The Morgan fingerprint density at radius 1 is 1.48 bits per heavy atom. The second kappa shape index (κ2) is 7.04. The number of carbonyl (C=O) groups excluding carboxylic acids is 1. The highest BCUT2D eigenvalue weighted by Crippen LogP contribution is 2.30. The first kappa shape index (κ1) is 16.0. The van der Waals surface area contributed by atoms with Gasteiger partial charge in [-0.05, 0) is 36.3 Å². The van der Waals surface area contributed by atoms with Crippen molar-refractivity contribution >= 4 is 39.2 Å². The van der Waals surface area contributed by atoms with E-state index in [2.05, 4.69) is 33.5 Å². The van der Waals surface area contributed by atoms with Gasteiger partial charge in [-0.15, -0.1) is 0 Å². The van der Waals surface area contributed by atoms with Crippen molar-refractivity contribution in [2.75, 3.05) is 7.11 Å². The molecule has 0 fully saturated rings. The van der Waals surface area contributed by atoms with Gasteiger partial charge in [-0.1, -0.05) is 41.4 Å². The number of benzene rings is 1. The molecule has 0 saturated carbocycles. The van der Waals surface area contributed by atoms with Gasteiger partial charge in [0.25, 0.3) is 0 Å². The molecule has 2 N–H and O–H groups in total. The van der Waals surface area contributed by atoms with E-state index in [9.17, 15) is 4.79 Å². The molecule has 0 radical (unpaired) electrons. The van der Waals surface area contributed by atoms with Crippen LogP contribution in [0.25, 0.3) is 0 Å². The van der Waals surface area contributed by atoms with E-state index in [4.69, 9.17) is 17.0 Å². The van der Waals surface area contributed by atoms with Crippen LogP contribution in [-0.4, -0.2) is 18.2 Å². The zero-order valence-corrected chi connectivity index (χ0v) is 14.3. The number of halogens is 1. The Balaban J connectivity index is 2.52. The monoisotopic (exact) mass is 368 g/mol. The Morgan fingerprint density at radius 2 is 2.24 bits per heavy atom. The molecular formula is C15H17BrN2O2S. The average molecular weight is 369 g/mol. The van der Waals surface area contributed by atoms with Gasteiger partial charge in [0.05, 0.1) is 18.7 Å². The summed E-state index contributed by atoms with van der Waals surface area (Å²) in [6, 6.07) is 7.50. The van der Waals surface area contributed by atoms with E-state index in [-0.39, 0.29) is 12.0 Å². The molecule has 0 saturated heterocycles. The summed E-state index contributed by atoms with van der Waals surface area (Å²) in [5.74, 6) is -0.342. The fraction of sp³-hybridized carbons (Fsp3) is 0.333. The molecule has 0 unspecified atom stereocenters. The van der Waals surface area contributed by atoms with Crippen LogP contribution >= 0.6 is 28.1 Å². The molecule has 112 valence electrons. The lowest BCUT2D eigenvalue weighted by atomic mass is 9.94. The van der Waals surface area contributed by atoms with Gasteiger partial charge in [0.2, 0.25) is 0 Å². The normalized spacial score (nSPS) is 18.0. The van der Waals surface area contributed by atoms with Crippen molar-refractivity contribution in [2.24, 2.45) is 0 Å². The predicted molar refractivity (Wildman–Crippen MR) is 89.7 cm³/mol. The van der Waals surface area contributed by atoms with Crippen LogP contribution in [0.15, 0.2) is 40.0 Å². The fourth-order valence-electron chi connectivity index (χ4n) is 2.35. The van der Waals surface area contributed by atoms with E-state index in [0.29, 0.717) is 10.7 Å². The lowest BCUT2D eigenvalue weighted by Gasteiger charge is -2.31. The fourth-order valence-corrected chi connectivity index (χ4v) is 3.01. The molecule has 6 heteroatoms. The smallest absolute Gasteiger partial charge is 0.337 e. The van der Waals surface area contributed by atoms with Gasteiger partial charge < -0.3 is 15.4 Å². The molecule has 4 nitrogen and oxygen atoms in total. The van der Waals surface area contributed by atoms with Crippen LogP contribution in [0.2, 0.25) is 0 Å². The van der Waals surface area contributed by atoms with Crippen LogP contribution in [0.5, 0.6) is 0 Å². The van der Waals surface area contributed by atoms with Crippen molar-refractivity contribution < 1.29 is 9.53 Å². The van der Waals surface area contributed by atoms with Gasteiger partial charge in [-0.3, -0.25) is 0 Å². The van der Waals surface area contributed by atoms with Crippen molar-refractivity contribution in [2.45, 2.75) is 25.8 Å². The third-order valence-electron chi connectivity index (χ3n) is 3.24. The molecule has 1 heterocycles. The summed E-state index contributed by atoms with van der Waals surface area (Å²) >= 11 is 8.72. The standard InChI is InChI=1S/C15H17BrN2O2S/c1-3-5-11-12(14(19)20-2)13(18-15(21)17-11)9-6-4-7-10(16)8-9/h4,6-8,13H,3,5H2,1-2H3,(H2,17,18,21)/t13-/m0/s1. The molecule has 0 bridgehead atoms. The summed E-state index contributed by atoms with van der Waals surface area (Å²) in [5, 5.41) is 6.76. The Morgan fingerprint density at radius 3 is 2.86 bits per heavy atom. The van der Waals surface area contributed by atoms with Gasteiger partial charge in [-0.2, -0.15) is 0 Å². The minimum Gasteiger partial charge on any atom is -0.466 e. The third-order valence-corrected chi connectivity index (χ3v) is 3.95. The second-order valence-electron chi connectivity index (χ2n) is 4.72. The summed E-state index contributed by atoms with van der Waals surface area (Å²) in [4.78, 5) is 12.2. The number of hydrogen-bond acceptors (Lipinski definition) is 3. The highest BCUT2D eigenvalue weighted by molar-refractivity contribution is 9.10. The van der Waals surface area contributed by atoms with E-state index in [1.54, 1.807) is 0 Å². The van der Waals surface area contributed by atoms with Crippen molar-refractivity contribution in [3.05, 3.63) is 45.6 Å². The minimum atomic E-state index is -0.342. The van der Waals surface area contributed by atoms with E-state index in [1.165, 1.54) is 7.11 Å². The van der Waals surface area contributed by atoms with E-state index >= 15 is 0 Å². The Hall–Kier alpha value is -1.40. The van der Waals surface area contributed by atoms with Crippen LogP contribution in [0, 0.1) is 0 Å². The number of nitrogens with one attached hydrogen (secondary N) is 2. The molecular weight excluding hydrogens is 352 g/mol. The summed E-state index contributed by atoms with van der Waals surface area (Å²) in [7, 11) is 1.39. The van der Waals surface area contributed by atoms with Gasteiger partial charge in [0.1, 0.15) is 0 Å². The van der Waals surface area contributed by atoms with Crippen molar-refractivity contribution in [3.63, 3.8) is 0 Å². The first-order valence-corrected chi connectivity index (χ1v) is 7.91. The molecule has 0 amide bonds. The highest BCUT2D eigenvalue weighted by Gasteiger charge is 2.31. The molecule has 1 aromatic carbocycles. The van der Waals surface area contributed by atoms with Gasteiger partial charge in [-0.25, -0.2) is 4.79 Å². The first-order chi connectivity index (χ1) is 10.1. The summed E-state index contributed by atoms with van der Waals surface area (Å²) in [6.45, 7) is 2.06. The highest BCUT2D eigenvalue weighted by atomic mass is 79.9. The first-order valence-electron chi connectivity index (χ1n) is 6.71. The predicted octanol–water partition coefficient (Wildman–Crippen LogP) is 3.20. The Bertz CT molecular complexity index is 601. The summed E-state index contributed by atoms with van der Waals surface area (Å²) in [5.41, 5.74) is 2.38. The van der Waals surface area contributed by atoms with Crippen LogP contribution < -0.4 is 10.6 Å². The molecule has 0 aromatic heterocycles. The maximum atomic E-state index is 12.2. The molecule has 1 aliphatic heterocycles. The summed E-state index contributed by atoms with van der Waals surface area (Å²) in [6.07, 6.45) is 1.66. The third kappa shape index (κ3) is 3.63. The van der Waals surface area contributed by atoms with Gasteiger partial charge in [0.15, 0.2) is 5.11 Å².